The van der Waals surface area contributed by atoms with Crippen molar-refractivity contribution < 1.29 is 33.3 Å². The SMILES string of the molecule is O=C(OCCn1c(=O)n(CCOC(=O)C2CCC3OC3C2)c(=O)n(CC2CO2)c1=O)C1CCC2OC2C1. The molecule has 2 saturated carbocycles. The number of fused-ring (bicyclic) bond motifs is 2. The molecule has 5 fully saturated rings. The van der Waals surface area contributed by atoms with E-state index in [2.05, 4.69) is 0 Å². The van der Waals surface area contributed by atoms with Crippen LogP contribution < -0.4 is 17.1 Å². The molecule has 0 radical (unpaired) electrons. The molecule has 4 heterocycles. The Hall–Kier alpha value is -2.77. The Bertz CT molecular complexity index is 1160. The van der Waals surface area contributed by atoms with Gasteiger partial charge in [-0.15, -0.1) is 0 Å². The van der Waals surface area contributed by atoms with Gasteiger partial charge in [-0.25, -0.2) is 28.1 Å². The first-order chi connectivity index (χ1) is 17.9. The van der Waals surface area contributed by atoms with E-state index >= 15 is 0 Å². The van der Waals surface area contributed by atoms with Crippen LogP contribution in [0.3, 0.4) is 0 Å². The van der Waals surface area contributed by atoms with E-state index in [4.69, 9.17) is 23.7 Å². The lowest BCUT2D eigenvalue weighted by Crippen LogP contribution is -2.55. The van der Waals surface area contributed by atoms with Crippen molar-refractivity contribution in [1.82, 2.24) is 13.7 Å². The molecule has 5 aliphatic rings. The first kappa shape index (κ1) is 24.6. The first-order valence-electron chi connectivity index (χ1n) is 13.1. The number of rotatable bonds is 10. The highest BCUT2D eigenvalue weighted by molar-refractivity contribution is 5.73. The third kappa shape index (κ3) is 5.30. The van der Waals surface area contributed by atoms with Crippen LogP contribution in [0, 0.1) is 11.8 Å². The van der Waals surface area contributed by atoms with Crippen LogP contribution in [0.2, 0.25) is 0 Å². The van der Waals surface area contributed by atoms with Crippen LogP contribution in [0.5, 0.6) is 0 Å². The summed E-state index contributed by atoms with van der Waals surface area (Å²) in [7, 11) is 0. The van der Waals surface area contributed by atoms with Crippen LogP contribution in [-0.4, -0.2) is 76.0 Å². The number of epoxide rings is 3. The van der Waals surface area contributed by atoms with Crippen molar-refractivity contribution >= 4 is 11.9 Å². The standard InChI is InChI=1S/C24H31N3O10/c28-20(13-1-3-16-18(9-13)36-16)33-7-5-25-22(30)26(24(32)27(23(25)31)11-15-12-35-15)6-8-34-21(29)14-2-4-17-19(10-14)37-17/h13-19H,1-12H2. The van der Waals surface area contributed by atoms with E-state index in [1.807, 2.05) is 0 Å². The molecule has 0 spiro atoms. The molecular weight excluding hydrogens is 490 g/mol. The van der Waals surface area contributed by atoms with E-state index in [1.54, 1.807) is 0 Å². The van der Waals surface area contributed by atoms with Crippen molar-refractivity contribution in [2.45, 2.75) is 88.7 Å². The van der Waals surface area contributed by atoms with Gasteiger partial charge in [0.15, 0.2) is 0 Å². The Morgan fingerprint density at radius 3 is 1.59 bits per heavy atom. The summed E-state index contributed by atoms with van der Waals surface area (Å²) < 4.78 is 29.5. The Balaban J connectivity index is 1.11. The highest BCUT2D eigenvalue weighted by atomic mass is 16.6. The number of carbonyl (C=O) groups is 2. The second-order valence-corrected chi connectivity index (χ2v) is 10.5. The van der Waals surface area contributed by atoms with E-state index in [0.29, 0.717) is 32.3 Å². The lowest BCUT2D eigenvalue weighted by Gasteiger charge is -2.18. The molecular formula is C24H31N3O10. The van der Waals surface area contributed by atoms with Gasteiger partial charge in [0.05, 0.1) is 68.6 Å². The molecule has 0 bridgehead atoms. The predicted octanol–water partition coefficient (Wildman–Crippen LogP) is -1.21. The van der Waals surface area contributed by atoms with Crippen LogP contribution in [0.1, 0.15) is 38.5 Å². The number of nitrogens with zero attached hydrogens (tertiary/aromatic N) is 3. The Morgan fingerprint density at radius 2 is 1.16 bits per heavy atom. The fourth-order valence-electron chi connectivity index (χ4n) is 5.55. The molecule has 3 aliphatic heterocycles. The Kier molecular flexibility index (Phi) is 6.53. The molecule has 0 N–H and O–H groups in total. The Morgan fingerprint density at radius 1 is 0.703 bits per heavy atom. The third-order valence-electron chi connectivity index (χ3n) is 7.97. The number of ether oxygens (including phenoxy) is 5. The third-order valence-corrected chi connectivity index (χ3v) is 7.97. The minimum absolute atomic E-state index is 0.00673. The number of hydrogen-bond donors (Lipinski definition) is 0. The van der Waals surface area contributed by atoms with Gasteiger partial charge in [-0.1, -0.05) is 0 Å². The van der Waals surface area contributed by atoms with Crippen molar-refractivity contribution in [2.24, 2.45) is 11.8 Å². The monoisotopic (exact) mass is 521 g/mol. The van der Waals surface area contributed by atoms with Crippen molar-refractivity contribution in [3.8, 4) is 0 Å². The van der Waals surface area contributed by atoms with E-state index in [1.165, 1.54) is 0 Å². The maximum atomic E-state index is 13.1. The fourth-order valence-corrected chi connectivity index (χ4v) is 5.55. The molecule has 0 aromatic carbocycles. The van der Waals surface area contributed by atoms with Gasteiger partial charge in [0.2, 0.25) is 0 Å². The summed E-state index contributed by atoms with van der Waals surface area (Å²) in [5, 5.41) is 0. The number of aromatic nitrogens is 3. The largest absolute Gasteiger partial charge is 0.464 e. The average Bonchev–Trinajstić information content (AvgIpc) is 3.76. The average molecular weight is 522 g/mol. The van der Waals surface area contributed by atoms with Gasteiger partial charge < -0.3 is 23.7 Å². The molecule has 37 heavy (non-hydrogen) atoms. The summed E-state index contributed by atoms with van der Waals surface area (Å²) in [6.07, 6.45) is 4.76. The van der Waals surface area contributed by atoms with E-state index in [0.717, 1.165) is 26.5 Å². The van der Waals surface area contributed by atoms with Gasteiger partial charge in [0.25, 0.3) is 0 Å². The van der Waals surface area contributed by atoms with Gasteiger partial charge in [0.1, 0.15) is 13.2 Å². The number of carbonyl (C=O) groups excluding carboxylic acids is 2. The lowest BCUT2D eigenvalue weighted by atomic mass is 9.89. The normalized spacial score (nSPS) is 33.1. The zero-order valence-corrected chi connectivity index (χ0v) is 20.5. The summed E-state index contributed by atoms with van der Waals surface area (Å²) in [6, 6.07) is 0. The van der Waals surface area contributed by atoms with Crippen LogP contribution in [0.4, 0.5) is 0 Å². The highest BCUT2D eigenvalue weighted by Crippen LogP contribution is 2.40. The molecule has 202 valence electrons. The molecule has 0 amide bonds. The topological polar surface area (TPSA) is 156 Å². The van der Waals surface area contributed by atoms with Gasteiger partial charge in [-0.05, 0) is 38.5 Å². The van der Waals surface area contributed by atoms with Gasteiger partial charge >= 0.3 is 29.0 Å². The number of esters is 2. The summed E-state index contributed by atoms with van der Waals surface area (Å²) in [5.74, 6) is -1.26. The van der Waals surface area contributed by atoms with Crippen molar-refractivity contribution in [1.29, 1.82) is 0 Å². The summed E-state index contributed by atoms with van der Waals surface area (Å²) >= 11 is 0. The second-order valence-electron chi connectivity index (χ2n) is 10.5. The minimum Gasteiger partial charge on any atom is -0.464 e. The van der Waals surface area contributed by atoms with Gasteiger partial charge in [-0.3, -0.25) is 9.59 Å². The molecule has 2 aliphatic carbocycles. The molecule has 3 saturated heterocycles. The molecule has 6 rings (SSSR count). The van der Waals surface area contributed by atoms with E-state index < -0.39 is 17.1 Å². The predicted molar refractivity (Wildman–Crippen MR) is 123 cm³/mol. The second kappa shape index (κ2) is 9.84. The van der Waals surface area contributed by atoms with Gasteiger partial charge in [-0.2, -0.15) is 0 Å². The van der Waals surface area contributed by atoms with Crippen molar-refractivity contribution in [2.75, 3.05) is 19.8 Å². The fraction of sp³-hybridized carbons (Fsp3) is 0.792. The van der Waals surface area contributed by atoms with E-state index in [9.17, 15) is 24.0 Å². The zero-order valence-electron chi connectivity index (χ0n) is 20.5. The zero-order chi connectivity index (χ0) is 25.7. The maximum Gasteiger partial charge on any atom is 0.336 e. The molecule has 13 heteroatoms. The Labute approximate surface area is 211 Å². The molecule has 1 aromatic rings. The molecule has 13 nitrogen and oxygen atoms in total. The lowest BCUT2D eigenvalue weighted by molar-refractivity contribution is -0.150. The molecule has 7 atom stereocenters. The smallest absolute Gasteiger partial charge is 0.336 e. The molecule has 1 aromatic heterocycles. The maximum absolute atomic E-state index is 13.1. The van der Waals surface area contributed by atoms with Gasteiger partial charge in [0, 0.05) is 0 Å². The van der Waals surface area contributed by atoms with Crippen LogP contribution >= 0.6 is 0 Å². The van der Waals surface area contributed by atoms with Crippen molar-refractivity contribution in [3.63, 3.8) is 0 Å². The number of hydrogen-bond acceptors (Lipinski definition) is 10. The summed E-state index contributed by atoms with van der Waals surface area (Å²) in [5.41, 5.74) is -2.42. The quantitative estimate of drug-likeness (QED) is 0.270. The van der Waals surface area contributed by atoms with Crippen LogP contribution in [-0.2, 0) is 52.9 Å². The molecule has 7 unspecified atom stereocenters. The van der Waals surface area contributed by atoms with Crippen LogP contribution in [0.25, 0.3) is 0 Å². The van der Waals surface area contributed by atoms with Crippen molar-refractivity contribution in [3.05, 3.63) is 31.5 Å². The van der Waals surface area contributed by atoms with Crippen LogP contribution in [0.15, 0.2) is 14.4 Å². The summed E-state index contributed by atoms with van der Waals surface area (Å²) in [6.45, 7) is -0.340. The van der Waals surface area contributed by atoms with E-state index in [-0.39, 0.29) is 87.1 Å². The highest BCUT2D eigenvalue weighted by Gasteiger charge is 2.47. The first-order valence-corrected chi connectivity index (χ1v) is 13.1. The summed E-state index contributed by atoms with van der Waals surface area (Å²) in [4.78, 5) is 63.9. The minimum atomic E-state index is -0.839.